The average Bonchev–Trinajstić information content (AvgIpc) is 2.72. The molecule has 6 heteroatoms. The molecule has 0 N–H and O–H groups in total. The molecule has 2 rings (SSSR count). The molecule has 0 spiro atoms. The Morgan fingerprint density at radius 2 is 2.33 bits per heavy atom. The van der Waals surface area contributed by atoms with Crippen molar-refractivity contribution < 1.29 is 13.9 Å². The Labute approximate surface area is 112 Å². The number of hydrogen-bond donors (Lipinski definition) is 0. The van der Waals surface area contributed by atoms with Gasteiger partial charge in [-0.2, -0.15) is 0 Å². The number of nitrogens with zero attached hydrogens (tertiary/aromatic N) is 1. The molecule has 0 saturated heterocycles. The van der Waals surface area contributed by atoms with E-state index in [1.807, 2.05) is 0 Å². The van der Waals surface area contributed by atoms with E-state index < -0.39 is 11.8 Å². The number of aromatic nitrogens is 1. The molecule has 0 amide bonds. The van der Waals surface area contributed by atoms with Gasteiger partial charge in [0, 0.05) is 5.56 Å². The summed E-state index contributed by atoms with van der Waals surface area (Å²) in [6.07, 6.45) is 0. The topological polar surface area (TPSA) is 39.2 Å². The Bertz CT molecular complexity index is 585. The van der Waals surface area contributed by atoms with Crippen LogP contribution < -0.4 is 0 Å². The second-order valence-corrected chi connectivity index (χ2v) is 4.96. The van der Waals surface area contributed by atoms with Crippen LogP contribution in [0.15, 0.2) is 24.3 Å². The number of carbonyl (C=O) groups is 1. The van der Waals surface area contributed by atoms with E-state index in [9.17, 15) is 9.18 Å². The summed E-state index contributed by atoms with van der Waals surface area (Å²) in [7, 11) is 0. The van der Waals surface area contributed by atoms with Gasteiger partial charge in [-0.3, -0.25) is 0 Å². The molecular weight excluding hydrogens is 277 g/mol. The Kier molecular flexibility index (Phi) is 3.93. The van der Waals surface area contributed by atoms with Crippen LogP contribution in [-0.4, -0.2) is 17.6 Å². The van der Waals surface area contributed by atoms with Crippen LogP contribution >= 0.6 is 22.9 Å². The summed E-state index contributed by atoms with van der Waals surface area (Å²) in [6.45, 7) is 1.97. The molecule has 0 fully saturated rings. The lowest BCUT2D eigenvalue weighted by Crippen LogP contribution is -2.04. The van der Waals surface area contributed by atoms with Crippen molar-refractivity contribution in [1.29, 1.82) is 0 Å². The van der Waals surface area contributed by atoms with Crippen molar-refractivity contribution in [3.63, 3.8) is 0 Å². The molecular formula is C12H9ClFNO2S. The average molecular weight is 286 g/mol. The van der Waals surface area contributed by atoms with Gasteiger partial charge in [0.2, 0.25) is 0 Å². The smallest absolute Gasteiger partial charge is 0.350 e. The minimum Gasteiger partial charge on any atom is -0.462 e. The summed E-state index contributed by atoms with van der Waals surface area (Å²) < 4.78 is 18.3. The van der Waals surface area contributed by atoms with E-state index in [-0.39, 0.29) is 16.0 Å². The zero-order chi connectivity index (χ0) is 13.1. The Morgan fingerprint density at radius 1 is 1.56 bits per heavy atom. The number of benzene rings is 1. The predicted octanol–water partition coefficient (Wildman–Crippen LogP) is 3.78. The molecule has 18 heavy (non-hydrogen) atoms. The van der Waals surface area contributed by atoms with Gasteiger partial charge in [0.05, 0.1) is 12.3 Å². The molecule has 0 aliphatic carbocycles. The van der Waals surface area contributed by atoms with Crippen molar-refractivity contribution in [2.45, 2.75) is 6.92 Å². The van der Waals surface area contributed by atoms with E-state index in [0.717, 1.165) is 11.3 Å². The number of ether oxygens (including phenoxy) is 1. The van der Waals surface area contributed by atoms with Gasteiger partial charge in [0.25, 0.3) is 0 Å². The number of thiazole rings is 1. The zero-order valence-electron chi connectivity index (χ0n) is 9.44. The third-order valence-corrected chi connectivity index (χ3v) is 3.30. The third kappa shape index (κ3) is 2.68. The summed E-state index contributed by atoms with van der Waals surface area (Å²) in [5.41, 5.74) is 0.851. The first-order valence-electron chi connectivity index (χ1n) is 5.21. The van der Waals surface area contributed by atoms with Crippen molar-refractivity contribution in [2.24, 2.45) is 0 Å². The van der Waals surface area contributed by atoms with E-state index in [1.165, 1.54) is 12.1 Å². The van der Waals surface area contributed by atoms with Crippen LogP contribution in [0.2, 0.25) is 4.47 Å². The van der Waals surface area contributed by atoms with Crippen LogP contribution in [-0.2, 0) is 4.74 Å². The van der Waals surface area contributed by atoms with Gasteiger partial charge in [0.1, 0.15) is 10.7 Å². The predicted molar refractivity (Wildman–Crippen MR) is 68.5 cm³/mol. The summed E-state index contributed by atoms with van der Waals surface area (Å²) in [6, 6.07) is 5.83. The first-order chi connectivity index (χ1) is 8.61. The number of rotatable bonds is 3. The molecule has 0 aliphatic heterocycles. The van der Waals surface area contributed by atoms with E-state index in [0.29, 0.717) is 11.3 Å². The second-order valence-electron chi connectivity index (χ2n) is 3.38. The van der Waals surface area contributed by atoms with Crippen molar-refractivity contribution >= 4 is 28.9 Å². The maximum atomic E-state index is 13.2. The van der Waals surface area contributed by atoms with Crippen LogP contribution in [0.4, 0.5) is 4.39 Å². The largest absolute Gasteiger partial charge is 0.462 e. The fourth-order valence-electron chi connectivity index (χ4n) is 1.46. The normalized spacial score (nSPS) is 10.4. The highest BCUT2D eigenvalue weighted by atomic mass is 35.5. The van der Waals surface area contributed by atoms with Crippen LogP contribution in [0.3, 0.4) is 0 Å². The van der Waals surface area contributed by atoms with Gasteiger partial charge in [0.15, 0.2) is 4.47 Å². The SMILES string of the molecule is CCOC(=O)c1sc(Cl)nc1-c1cccc(F)c1. The van der Waals surface area contributed by atoms with Gasteiger partial charge in [-0.1, -0.05) is 35.1 Å². The maximum Gasteiger partial charge on any atom is 0.350 e. The lowest BCUT2D eigenvalue weighted by molar-refractivity contribution is 0.0532. The highest BCUT2D eigenvalue weighted by molar-refractivity contribution is 7.17. The van der Waals surface area contributed by atoms with Gasteiger partial charge in [-0.05, 0) is 19.1 Å². The van der Waals surface area contributed by atoms with E-state index in [2.05, 4.69) is 4.98 Å². The number of carbonyl (C=O) groups excluding carboxylic acids is 1. The van der Waals surface area contributed by atoms with E-state index in [1.54, 1.807) is 19.1 Å². The van der Waals surface area contributed by atoms with Gasteiger partial charge in [-0.25, -0.2) is 14.2 Å². The minimum atomic E-state index is -0.499. The van der Waals surface area contributed by atoms with Crippen LogP contribution in [0.25, 0.3) is 11.3 Å². The Morgan fingerprint density at radius 3 is 3.00 bits per heavy atom. The highest BCUT2D eigenvalue weighted by Crippen LogP contribution is 2.31. The monoisotopic (exact) mass is 285 g/mol. The standard InChI is InChI=1S/C12H9ClFNO2S/c1-2-17-11(16)10-9(15-12(13)18-10)7-4-3-5-8(14)6-7/h3-6H,2H2,1H3. The van der Waals surface area contributed by atoms with E-state index in [4.69, 9.17) is 16.3 Å². The highest BCUT2D eigenvalue weighted by Gasteiger charge is 2.20. The fraction of sp³-hybridized carbons (Fsp3) is 0.167. The number of hydrogen-bond acceptors (Lipinski definition) is 4. The lowest BCUT2D eigenvalue weighted by Gasteiger charge is -2.02. The summed E-state index contributed by atoms with van der Waals surface area (Å²) >= 11 is 6.83. The Balaban J connectivity index is 2.47. The van der Waals surface area contributed by atoms with E-state index >= 15 is 0 Å². The van der Waals surface area contributed by atoms with Gasteiger partial charge >= 0.3 is 5.97 Å². The molecule has 3 nitrogen and oxygen atoms in total. The van der Waals surface area contributed by atoms with Crippen LogP contribution in [0.5, 0.6) is 0 Å². The fourth-order valence-corrected chi connectivity index (χ4v) is 2.48. The first-order valence-corrected chi connectivity index (χ1v) is 6.40. The maximum absolute atomic E-state index is 13.2. The molecule has 1 heterocycles. The Hall–Kier alpha value is -1.46. The zero-order valence-corrected chi connectivity index (χ0v) is 11.0. The number of halogens is 2. The molecule has 94 valence electrons. The molecule has 0 aliphatic rings. The lowest BCUT2D eigenvalue weighted by atomic mass is 10.1. The summed E-state index contributed by atoms with van der Waals surface area (Å²) in [5, 5.41) is 0. The molecule has 0 unspecified atom stereocenters. The molecule has 0 atom stereocenters. The molecule has 0 radical (unpaired) electrons. The van der Waals surface area contributed by atoms with Crippen LogP contribution in [0.1, 0.15) is 16.6 Å². The van der Waals surface area contributed by atoms with Gasteiger partial charge in [-0.15, -0.1) is 0 Å². The molecule has 2 aromatic rings. The minimum absolute atomic E-state index is 0.220. The van der Waals surface area contributed by atoms with Crippen molar-refractivity contribution in [2.75, 3.05) is 6.61 Å². The molecule has 0 bridgehead atoms. The van der Waals surface area contributed by atoms with Crippen molar-refractivity contribution in [3.8, 4) is 11.3 Å². The first kappa shape index (κ1) is 13.0. The van der Waals surface area contributed by atoms with Gasteiger partial charge < -0.3 is 4.74 Å². The number of esters is 1. The molecule has 0 saturated carbocycles. The summed E-state index contributed by atoms with van der Waals surface area (Å²) in [4.78, 5) is 16.1. The molecule has 1 aromatic heterocycles. The van der Waals surface area contributed by atoms with Crippen LogP contribution in [0, 0.1) is 5.82 Å². The van der Waals surface area contributed by atoms with Crippen molar-refractivity contribution in [1.82, 2.24) is 4.98 Å². The van der Waals surface area contributed by atoms with Crippen molar-refractivity contribution in [3.05, 3.63) is 39.4 Å². The quantitative estimate of drug-likeness (QED) is 0.806. The summed E-state index contributed by atoms with van der Waals surface area (Å²) in [5.74, 6) is -0.896. The molecule has 1 aromatic carbocycles. The second kappa shape index (κ2) is 5.46. The third-order valence-electron chi connectivity index (χ3n) is 2.16.